The highest BCUT2D eigenvalue weighted by Gasteiger charge is 2.20. The highest BCUT2D eigenvalue weighted by molar-refractivity contribution is 5.94. The molecule has 2 heterocycles. The Morgan fingerprint density at radius 2 is 1.81 bits per heavy atom. The van der Waals surface area contributed by atoms with E-state index in [2.05, 4.69) is 41.4 Å². The van der Waals surface area contributed by atoms with Gasteiger partial charge in [0, 0.05) is 43.9 Å². The summed E-state index contributed by atoms with van der Waals surface area (Å²) in [6, 6.07) is 16.1. The number of likely N-dealkylation sites (tertiary alicyclic amines) is 1. The van der Waals surface area contributed by atoms with E-state index >= 15 is 0 Å². The molecule has 0 aliphatic carbocycles. The van der Waals surface area contributed by atoms with Crippen molar-refractivity contribution in [3.63, 3.8) is 0 Å². The Balaban J connectivity index is 1.33. The first kappa shape index (κ1) is 21.4. The maximum atomic E-state index is 12.7. The minimum Gasteiger partial charge on any atom is -0.371 e. The van der Waals surface area contributed by atoms with Crippen molar-refractivity contribution in [2.24, 2.45) is 5.92 Å². The molecule has 2 amide bonds. The molecule has 4 rings (SSSR count). The number of hydrogen-bond donors (Lipinski definition) is 1. The standard InChI is InChI=1S/C26H33N3O2/c1-19-5-3-15-28(17-19)24-13-11-22(12-14-24)20(2)27-26(31)23-9-7-21(8-10-23)18-29-16-4-6-25(29)30/h7-14,19-20H,3-6,15-18H2,1-2H3,(H,27,31)/t19-,20+/m0/s1. The molecule has 0 bridgehead atoms. The lowest BCUT2D eigenvalue weighted by Gasteiger charge is -2.33. The van der Waals surface area contributed by atoms with Gasteiger partial charge in [-0.05, 0) is 67.5 Å². The maximum absolute atomic E-state index is 12.7. The Labute approximate surface area is 185 Å². The zero-order valence-corrected chi connectivity index (χ0v) is 18.6. The van der Waals surface area contributed by atoms with E-state index in [4.69, 9.17) is 0 Å². The van der Waals surface area contributed by atoms with E-state index in [0.717, 1.165) is 43.1 Å². The molecule has 5 nitrogen and oxygen atoms in total. The van der Waals surface area contributed by atoms with Gasteiger partial charge in [0.1, 0.15) is 0 Å². The van der Waals surface area contributed by atoms with Gasteiger partial charge in [0.2, 0.25) is 5.91 Å². The number of amides is 2. The van der Waals surface area contributed by atoms with Gasteiger partial charge in [-0.3, -0.25) is 9.59 Å². The van der Waals surface area contributed by atoms with E-state index in [0.29, 0.717) is 18.5 Å². The van der Waals surface area contributed by atoms with E-state index in [-0.39, 0.29) is 17.9 Å². The van der Waals surface area contributed by atoms with Gasteiger partial charge in [0.25, 0.3) is 5.91 Å². The van der Waals surface area contributed by atoms with Gasteiger partial charge < -0.3 is 15.1 Å². The second-order valence-electron chi connectivity index (χ2n) is 9.10. The number of carbonyl (C=O) groups is 2. The van der Waals surface area contributed by atoms with Crippen LogP contribution in [-0.4, -0.2) is 36.3 Å². The van der Waals surface area contributed by atoms with Gasteiger partial charge in [-0.15, -0.1) is 0 Å². The van der Waals surface area contributed by atoms with Crippen molar-refractivity contribution < 1.29 is 9.59 Å². The van der Waals surface area contributed by atoms with E-state index < -0.39 is 0 Å². The molecule has 2 saturated heterocycles. The van der Waals surface area contributed by atoms with Crippen LogP contribution in [0.5, 0.6) is 0 Å². The molecular weight excluding hydrogens is 386 g/mol. The topological polar surface area (TPSA) is 52.7 Å². The Kier molecular flexibility index (Phi) is 6.59. The first-order valence-corrected chi connectivity index (χ1v) is 11.5. The Morgan fingerprint density at radius 3 is 2.45 bits per heavy atom. The molecule has 0 spiro atoms. The normalized spacial score (nSPS) is 20.1. The highest BCUT2D eigenvalue weighted by atomic mass is 16.2. The molecule has 2 aromatic rings. The van der Waals surface area contributed by atoms with Crippen molar-refractivity contribution in [1.29, 1.82) is 0 Å². The molecule has 0 aromatic heterocycles. The quantitative estimate of drug-likeness (QED) is 0.748. The summed E-state index contributed by atoms with van der Waals surface area (Å²) in [6.07, 6.45) is 4.16. The molecule has 2 fully saturated rings. The third kappa shape index (κ3) is 5.27. The largest absolute Gasteiger partial charge is 0.371 e. The summed E-state index contributed by atoms with van der Waals surface area (Å²) < 4.78 is 0. The van der Waals surface area contributed by atoms with Crippen LogP contribution in [0.4, 0.5) is 5.69 Å². The van der Waals surface area contributed by atoms with E-state index in [1.54, 1.807) is 0 Å². The molecule has 1 N–H and O–H groups in total. The minimum atomic E-state index is -0.0785. The first-order valence-electron chi connectivity index (χ1n) is 11.5. The minimum absolute atomic E-state index is 0.0660. The molecule has 0 radical (unpaired) electrons. The summed E-state index contributed by atoms with van der Waals surface area (Å²) >= 11 is 0. The molecule has 2 aliphatic rings. The summed E-state index contributed by atoms with van der Waals surface area (Å²) in [5.41, 5.74) is 4.07. The number of nitrogens with zero attached hydrogens (tertiary/aromatic N) is 2. The van der Waals surface area contributed by atoms with Crippen molar-refractivity contribution in [3.05, 3.63) is 65.2 Å². The summed E-state index contributed by atoms with van der Waals surface area (Å²) in [7, 11) is 0. The van der Waals surface area contributed by atoms with Crippen LogP contribution in [0.25, 0.3) is 0 Å². The zero-order chi connectivity index (χ0) is 21.8. The summed E-state index contributed by atoms with van der Waals surface area (Å²) in [6.45, 7) is 8.03. The number of rotatable bonds is 6. The van der Waals surface area contributed by atoms with Crippen LogP contribution in [0.1, 0.15) is 67.1 Å². The SMILES string of the molecule is C[C@H]1CCCN(c2ccc([C@@H](C)NC(=O)c3ccc(CN4CCCC4=O)cc3)cc2)C1. The number of hydrogen-bond acceptors (Lipinski definition) is 3. The smallest absolute Gasteiger partial charge is 0.251 e. The average Bonchev–Trinajstić information content (AvgIpc) is 3.18. The molecule has 0 unspecified atom stereocenters. The van der Waals surface area contributed by atoms with Crippen LogP contribution in [0.15, 0.2) is 48.5 Å². The van der Waals surface area contributed by atoms with Crippen molar-refractivity contribution >= 4 is 17.5 Å². The lowest BCUT2D eigenvalue weighted by atomic mass is 9.99. The molecule has 0 saturated carbocycles. The predicted molar refractivity (Wildman–Crippen MR) is 124 cm³/mol. The lowest BCUT2D eigenvalue weighted by molar-refractivity contribution is -0.128. The van der Waals surface area contributed by atoms with Gasteiger partial charge in [-0.2, -0.15) is 0 Å². The Hall–Kier alpha value is -2.82. The summed E-state index contributed by atoms with van der Waals surface area (Å²) in [5, 5.41) is 3.10. The van der Waals surface area contributed by atoms with Crippen LogP contribution in [0.2, 0.25) is 0 Å². The number of carbonyl (C=O) groups excluding carboxylic acids is 2. The van der Waals surface area contributed by atoms with Crippen LogP contribution in [0.3, 0.4) is 0 Å². The third-order valence-corrected chi connectivity index (χ3v) is 6.52. The van der Waals surface area contributed by atoms with E-state index in [1.165, 1.54) is 18.5 Å². The van der Waals surface area contributed by atoms with Crippen molar-refractivity contribution in [2.45, 2.75) is 52.1 Å². The van der Waals surface area contributed by atoms with Crippen LogP contribution in [0, 0.1) is 5.92 Å². The van der Waals surface area contributed by atoms with Gasteiger partial charge in [-0.25, -0.2) is 0 Å². The van der Waals surface area contributed by atoms with Gasteiger partial charge in [0.15, 0.2) is 0 Å². The van der Waals surface area contributed by atoms with Gasteiger partial charge >= 0.3 is 0 Å². The fraction of sp³-hybridized carbons (Fsp3) is 0.462. The predicted octanol–water partition coefficient (Wildman–Crippen LogP) is 4.54. The van der Waals surface area contributed by atoms with Gasteiger partial charge in [-0.1, -0.05) is 31.2 Å². The van der Waals surface area contributed by atoms with E-state index in [1.807, 2.05) is 36.1 Å². The zero-order valence-electron chi connectivity index (χ0n) is 18.6. The van der Waals surface area contributed by atoms with Crippen molar-refractivity contribution in [2.75, 3.05) is 24.5 Å². The van der Waals surface area contributed by atoms with Crippen molar-refractivity contribution in [1.82, 2.24) is 10.2 Å². The molecule has 2 aromatic carbocycles. The number of piperidine rings is 1. The Bertz CT molecular complexity index is 907. The fourth-order valence-electron chi connectivity index (χ4n) is 4.61. The van der Waals surface area contributed by atoms with Gasteiger partial charge in [0.05, 0.1) is 6.04 Å². The number of anilines is 1. The van der Waals surface area contributed by atoms with Crippen LogP contribution in [-0.2, 0) is 11.3 Å². The summed E-state index contributed by atoms with van der Waals surface area (Å²) in [5.74, 6) is 0.885. The fourth-order valence-corrected chi connectivity index (χ4v) is 4.61. The molecule has 2 aliphatic heterocycles. The number of benzene rings is 2. The molecular formula is C26H33N3O2. The monoisotopic (exact) mass is 419 g/mol. The molecule has 31 heavy (non-hydrogen) atoms. The summed E-state index contributed by atoms with van der Waals surface area (Å²) in [4.78, 5) is 28.8. The molecule has 164 valence electrons. The van der Waals surface area contributed by atoms with Crippen molar-refractivity contribution in [3.8, 4) is 0 Å². The van der Waals surface area contributed by atoms with E-state index in [9.17, 15) is 9.59 Å². The number of nitrogens with one attached hydrogen (secondary N) is 1. The third-order valence-electron chi connectivity index (χ3n) is 6.52. The highest BCUT2D eigenvalue weighted by Crippen LogP contribution is 2.25. The first-order chi connectivity index (χ1) is 15.0. The maximum Gasteiger partial charge on any atom is 0.251 e. The second kappa shape index (κ2) is 9.54. The second-order valence-corrected chi connectivity index (χ2v) is 9.10. The average molecular weight is 420 g/mol. The van der Waals surface area contributed by atoms with Crippen LogP contribution < -0.4 is 10.2 Å². The molecule has 5 heteroatoms. The van der Waals surface area contributed by atoms with Crippen LogP contribution >= 0.6 is 0 Å². The lowest BCUT2D eigenvalue weighted by Crippen LogP contribution is -2.34. The molecule has 2 atom stereocenters. The Morgan fingerprint density at radius 1 is 1.06 bits per heavy atom.